The molecule has 4 nitrogen and oxygen atoms in total. The van der Waals surface area contributed by atoms with Crippen molar-refractivity contribution in [2.24, 2.45) is 5.10 Å². The molecule has 0 saturated heterocycles. The van der Waals surface area contributed by atoms with E-state index in [0.29, 0.717) is 11.1 Å². The monoisotopic (exact) mass is 290 g/mol. The third-order valence-electron chi connectivity index (χ3n) is 3.30. The largest absolute Gasteiger partial charge is 0.507 e. The molecule has 0 aliphatic carbocycles. The van der Waals surface area contributed by atoms with E-state index in [2.05, 4.69) is 10.5 Å². The average Bonchev–Trinajstić information content (AvgIpc) is 2.56. The minimum absolute atomic E-state index is 0.122. The Morgan fingerprint density at radius 3 is 2.32 bits per heavy atom. The Bertz CT molecular complexity index is 842. The van der Waals surface area contributed by atoms with Gasteiger partial charge >= 0.3 is 0 Å². The number of hydrazone groups is 1. The molecule has 0 unspecified atom stereocenters. The molecule has 1 amide bonds. The first-order chi connectivity index (χ1) is 10.7. The number of nitrogens with zero attached hydrogens (tertiary/aromatic N) is 1. The summed E-state index contributed by atoms with van der Waals surface area (Å²) in [5.41, 5.74) is 3.52. The van der Waals surface area contributed by atoms with E-state index in [1.165, 1.54) is 6.21 Å². The van der Waals surface area contributed by atoms with E-state index in [1.54, 1.807) is 30.3 Å². The maximum atomic E-state index is 11.8. The van der Waals surface area contributed by atoms with Gasteiger partial charge in [0.15, 0.2) is 0 Å². The van der Waals surface area contributed by atoms with Gasteiger partial charge in [0.25, 0.3) is 5.91 Å². The van der Waals surface area contributed by atoms with Crippen LogP contribution in [0.5, 0.6) is 5.75 Å². The van der Waals surface area contributed by atoms with E-state index < -0.39 is 0 Å². The summed E-state index contributed by atoms with van der Waals surface area (Å²) in [6.45, 7) is 0. The molecule has 3 aromatic carbocycles. The number of carbonyl (C=O) groups is 1. The van der Waals surface area contributed by atoms with Gasteiger partial charge in [-0.15, -0.1) is 0 Å². The van der Waals surface area contributed by atoms with E-state index in [1.807, 2.05) is 36.4 Å². The fourth-order valence-electron chi connectivity index (χ4n) is 2.16. The summed E-state index contributed by atoms with van der Waals surface area (Å²) in [6, 6.07) is 20.0. The van der Waals surface area contributed by atoms with Gasteiger partial charge in [-0.1, -0.05) is 42.5 Å². The van der Waals surface area contributed by atoms with Crippen molar-refractivity contribution in [3.8, 4) is 5.75 Å². The first-order valence-corrected chi connectivity index (χ1v) is 6.84. The normalized spacial score (nSPS) is 10.9. The van der Waals surface area contributed by atoms with Crippen molar-refractivity contribution in [1.29, 1.82) is 0 Å². The van der Waals surface area contributed by atoms with Crippen LogP contribution in [0.4, 0.5) is 0 Å². The van der Waals surface area contributed by atoms with Crippen molar-refractivity contribution in [3.63, 3.8) is 0 Å². The van der Waals surface area contributed by atoms with Gasteiger partial charge < -0.3 is 5.11 Å². The van der Waals surface area contributed by atoms with Gasteiger partial charge in [0, 0.05) is 11.1 Å². The van der Waals surface area contributed by atoms with Gasteiger partial charge in [-0.2, -0.15) is 5.10 Å². The van der Waals surface area contributed by atoms with Crippen LogP contribution in [0.15, 0.2) is 71.8 Å². The van der Waals surface area contributed by atoms with Crippen LogP contribution < -0.4 is 5.43 Å². The van der Waals surface area contributed by atoms with Gasteiger partial charge in [0.05, 0.1) is 6.21 Å². The van der Waals surface area contributed by atoms with Crippen molar-refractivity contribution in [2.75, 3.05) is 0 Å². The summed E-state index contributed by atoms with van der Waals surface area (Å²) < 4.78 is 0. The topological polar surface area (TPSA) is 61.7 Å². The van der Waals surface area contributed by atoms with Crippen LogP contribution in [0.2, 0.25) is 0 Å². The van der Waals surface area contributed by atoms with Crippen molar-refractivity contribution < 1.29 is 9.90 Å². The summed E-state index contributed by atoms with van der Waals surface area (Å²) in [5, 5.41) is 15.8. The molecule has 0 radical (unpaired) electrons. The van der Waals surface area contributed by atoms with Gasteiger partial charge in [-0.25, -0.2) is 5.43 Å². The number of hydrogen-bond donors (Lipinski definition) is 2. The van der Waals surface area contributed by atoms with Gasteiger partial charge in [-0.05, 0) is 35.0 Å². The minimum Gasteiger partial charge on any atom is -0.507 e. The number of phenolic OH excluding ortho intramolecular Hbond substituents is 1. The summed E-state index contributed by atoms with van der Waals surface area (Å²) in [5.74, 6) is -0.173. The van der Waals surface area contributed by atoms with Crippen LogP contribution in [-0.2, 0) is 0 Å². The average molecular weight is 290 g/mol. The van der Waals surface area contributed by atoms with Crippen molar-refractivity contribution in [1.82, 2.24) is 5.43 Å². The number of benzene rings is 3. The molecule has 0 aliphatic rings. The third-order valence-corrected chi connectivity index (χ3v) is 3.30. The number of fused-ring (bicyclic) bond motifs is 1. The number of phenols is 1. The third kappa shape index (κ3) is 2.96. The predicted octanol–water partition coefficient (Wildman–Crippen LogP) is 3.31. The zero-order valence-corrected chi connectivity index (χ0v) is 11.7. The fraction of sp³-hybridized carbons (Fsp3) is 0. The number of hydrogen-bond acceptors (Lipinski definition) is 3. The first-order valence-electron chi connectivity index (χ1n) is 6.84. The fourth-order valence-corrected chi connectivity index (χ4v) is 2.16. The molecular formula is C18H14N2O2. The second-order valence-corrected chi connectivity index (χ2v) is 4.82. The van der Waals surface area contributed by atoms with Crippen LogP contribution in [0, 0.1) is 0 Å². The quantitative estimate of drug-likeness (QED) is 0.574. The molecule has 0 bridgehead atoms. The SMILES string of the molecule is O=C(N/N=C/c1cc2ccccc2cc1O)c1ccccc1. The van der Waals surface area contributed by atoms with Crippen LogP contribution in [0.1, 0.15) is 15.9 Å². The van der Waals surface area contributed by atoms with Crippen molar-refractivity contribution >= 4 is 22.9 Å². The molecule has 0 fully saturated rings. The molecule has 0 spiro atoms. The second-order valence-electron chi connectivity index (χ2n) is 4.82. The predicted molar refractivity (Wildman–Crippen MR) is 87.1 cm³/mol. The Morgan fingerprint density at radius 2 is 1.59 bits per heavy atom. The van der Waals surface area contributed by atoms with E-state index in [4.69, 9.17) is 0 Å². The lowest BCUT2D eigenvalue weighted by atomic mass is 10.1. The van der Waals surface area contributed by atoms with E-state index in [0.717, 1.165) is 10.8 Å². The smallest absolute Gasteiger partial charge is 0.271 e. The number of amides is 1. The summed E-state index contributed by atoms with van der Waals surface area (Å²) in [7, 11) is 0. The lowest BCUT2D eigenvalue weighted by molar-refractivity contribution is 0.0955. The highest BCUT2D eigenvalue weighted by Gasteiger charge is 2.03. The Hall–Kier alpha value is -3.14. The molecule has 0 heterocycles. The van der Waals surface area contributed by atoms with Crippen molar-refractivity contribution in [2.45, 2.75) is 0 Å². The Morgan fingerprint density at radius 1 is 0.955 bits per heavy atom. The molecule has 0 aromatic heterocycles. The molecule has 22 heavy (non-hydrogen) atoms. The highest BCUT2D eigenvalue weighted by atomic mass is 16.3. The van der Waals surface area contributed by atoms with Gasteiger partial charge in [0.2, 0.25) is 0 Å². The Labute approximate surface area is 127 Å². The Kier molecular flexibility index (Phi) is 3.83. The Balaban J connectivity index is 1.78. The standard InChI is InChI=1S/C18H14N2O2/c21-17-11-15-9-5-4-8-14(15)10-16(17)12-19-20-18(22)13-6-2-1-3-7-13/h1-12,21H,(H,20,22)/b19-12+. The van der Waals surface area contributed by atoms with Crippen LogP contribution >= 0.6 is 0 Å². The highest BCUT2D eigenvalue weighted by Crippen LogP contribution is 2.23. The summed E-state index contributed by atoms with van der Waals surface area (Å²) in [6.07, 6.45) is 1.43. The van der Waals surface area contributed by atoms with Crippen molar-refractivity contribution in [3.05, 3.63) is 77.9 Å². The van der Waals surface area contributed by atoms with Gasteiger partial charge in [-0.3, -0.25) is 4.79 Å². The van der Waals surface area contributed by atoms with E-state index >= 15 is 0 Å². The zero-order valence-electron chi connectivity index (χ0n) is 11.7. The molecule has 0 saturated carbocycles. The molecule has 0 atom stereocenters. The van der Waals surface area contributed by atoms with Crippen LogP contribution in [0.25, 0.3) is 10.8 Å². The molecular weight excluding hydrogens is 276 g/mol. The molecule has 3 rings (SSSR count). The molecule has 108 valence electrons. The lowest BCUT2D eigenvalue weighted by Gasteiger charge is -2.03. The van der Waals surface area contributed by atoms with Crippen LogP contribution in [0.3, 0.4) is 0 Å². The van der Waals surface area contributed by atoms with Gasteiger partial charge in [0.1, 0.15) is 5.75 Å². The number of aromatic hydroxyl groups is 1. The number of nitrogens with one attached hydrogen (secondary N) is 1. The molecule has 2 N–H and O–H groups in total. The molecule has 4 heteroatoms. The summed E-state index contributed by atoms with van der Waals surface area (Å²) >= 11 is 0. The zero-order chi connectivity index (χ0) is 15.4. The molecule has 3 aromatic rings. The first kappa shape index (κ1) is 13.8. The van der Waals surface area contributed by atoms with Crippen LogP contribution in [-0.4, -0.2) is 17.2 Å². The highest BCUT2D eigenvalue weighted by molar-refractivity contribution is 5.96. The lowest BCUT2D eigenvalue weighted by Crippen LogP contribution is -2.17. The van der Waals surface area contributed by atoms with E-state index in [-0.39, 0.29) is 11.7 Å². The summed E-state index contributed by atoms with van der Waals surface area (Å²) in [4.78, 5) is 11.8. The maximum absolute atomic E-state index is 11.8. The minimum atomic E-state index is -0.294. The second kappa shape index (κ2) is 6.10. The van der Waals surface area contributed by atoms with E-state index in [9.17, 15) is 9.90 Å². The number of rotatable bonds is 3. The maximum Gasteiger partial charge on any atom is 0.271 e. The number of carbonyl (C=O) groups excluding carboxylic acids is 1. The molecule has 0 aliphatic heterocycles.